The molecule has 2 heterocycles. The summed E-state index contributed by atoms with van der Waals surface area (Å²) in [6.45, 7) is 9.94. The minimum atomic E-state index is -4.63. The molecule has 7 aromatic carbocycles. The van der Waals surface area contributed by atoms with Gasteiger partial charge in [-0.05, 0) is 184 Å². The summed E-state index contributed by atoms with van der Waals surface area (Å²) in [5.74, 6) is -2.58. The van der Waals surface area contributed by atoms with Gasteiger partial charge in [0.15, 0.2) is 0 Å². The number of halogens is 3. The molecule has 2 aliphatic rings. The molecule has 0 unspecified atom stereocenters. The van der Waals surface area contributed by atoms with Crippen LogP contribution in [0, 0.1) is 0 Å². The van der Waals surface area contributed by atoms with E-state index in [0.29, 0.717) is 50.4 Å². The number of ether oxygens (including phenoxy) is 3. The van der Waals surface area contributed by atoms with Crippen LogP contribution in [0.4, 0.5) is 56.9 Å². The van der Waals surface area contributed by atoms with E-state index in [1.165, 1.54) is 42.5 Å². The van der Waals surface area contributed by atoms with Gasteiger partial charge in [0.25, 0.3) is 23.6 Å². The van der Waals surface area contributed by atoms with E-state index in [0.717, 1.165) is 6.08 Å². The number of carbonyl (C=O) groups excluding carboxylic acids is 6. The van der Waals surface area contributed by atoms with Crippen molar-refractivity contribution >= 4 is 75.5 Å². The first kappa shape index (κ1) is 53.1. The molecule has 12 bridgehead atoms. The average Bonchev–Trinajstić information content (AvgIpc) is 3.39. The second-order valence-corrected chi connectivity index (χ2v) is 20.3. The minimum absolute atomic E-state index is 0.0113. The van der Waals surface area contributed by atoms with Gasteiger partial charge >= 0.3 is 18.4 Å². The van der Waals surface area contributed by atoms with E-state index in [4.69, 9.17) is 14.2 Å². The highest BCUT2D eigenvalue weighted by Crippen LogP contribution is 2.42. The molecular formula is C60H51F3N6O9. The first-order valence-electron chi connectivity index (χ1n) is 24.4. The lowest BCUT2D eigenvalue weighted by Crippen LogP contribution is -2.27. The highest BCUT2D eigenvalue weighted by molar-refractivity contribution is 6.11. The summed E-state index contributed by atoms with van der Waals surface area (Å²) in [7, 11) is 0. The van der Waals surface area contributed by atoms with Crippen molar-refractivity contribution in [1.29, 1.82) is 0 Å². The molecule has 0 aromatic heterocycles. The van der Waals surface area contributed by atoms with Crippen molar-refractivity contribution < 1.29 is 56.1 Å². The van der Waals surface area contributed by atoms with Gasteiger partial charge in [-0.25, -0.2) is 9.59 Å². The third kappa shape index (κ3) is 13.0. The van der Waals surface area contributed by atoms with Gasteiger partial charge in [0.2, 0.25) is 0 Å². The number of amides is 6. The molecule has 0 aliphatic carbocycles. The average molecular weight is 1060 g/mol. The van der Waals surface area contributed by atoms with Gasteiger partial charge in [-0.3, -0.25) is 29.8 Å². The van der Waals surface area contributed by atoms with Gasteiger partial charge in [-0.1, -0.05) is 36.4 Å². The molecule has 0 radical (unpaired) electrons. The predicted molar refractivity (Wildman–Crippen MR) is 293 cm³/mol. The van der Waals surface area contributed by atoms with Crippen molar-refractivity contribution in [3.8, 4) is 39.1 Å². The van der Waals surface area contributed by atoms with Crippen LogP contribution in [0.1, 0.15) is 88.5 Å². The van der Waals surface area contributed by atoms with Gasteiger partial charge < -0.3 is 35.5 Å². The Balaban J connectivity index is 1.15. The van der Waals surface area contributed by atoms with Crippen molar-refractivity contribution in [2.24, 2.45) is 0 Å². The Morgan fingerprint density at radius 3 is 1.32 bits per heavy atom. The molecule has 0 fully saturated rings. The fraction of sp³-hybridized carbons (Fsp3) is 0.167. The SMILES string of the molecule is CC(C)(C)OC(=O)Nc1cc2cc(c1)-c1cccc(c1)NC(=O)c1cc(C(=O)Nc3ccc4c(c3)OCC=C4C(F)(F)F)cc(c1)-c1cccc(c1)NC(=O)c1cc(NC(=O)OC(C)(C)C)cc(c1)-c1cccc(c1)NC2=O. The van der Waals surface area contributed by atoms with Crippen LogP contribution in [-0.4, -0.2) is 59.8 Å². The predicted octanol–water partition coefficient (Wildman–Crippen LogP) is 14.0. The molecule has 7 aromatic rings. The van der Waals surface area contributed by atoms with Gasteiger partial charge in [0.05, 0.1) is 5.57 Å². The Morgan fingerprint density at radius 1 is 0.474 bits per heavy atom. The maximum absolute atomic E-state index is 14.4. The zero-order valence-electron chi connectivity index (χ0n) is 42.9. The van der Waals surface area contributed by atoms with Crippen molar-refractivity contribution in [3.05, 3.63) is 179 Å². The van der Waals surface area contributed by atoms with Gasteiger partial charge in [0, 0.05) is 68.0 Å². The number of rotatable bonds is 4. The zero-order valence-corrected chi connectivity index (χ0v) is 42.9. The van der Waals surface area contributed by atoms with E-state index >= 15 is 0 Å². The lowest BCUT2D eigenvalue weighted by atomic mass is 9.97. The normalized spacial score (nSPS) is 13.3. The van der Waals surface area contributed by atoms with E-state index in [9.17, 15) is 41.9 Å². The summed E-state index contributed by atoms with van der Waals surface area (Å²) >= 11 is 0. The fourth-order valence-electron chi connectivity index (χ4n) is 8.57. The maximum Gasteiger partial charge on any atom is 0.416 e. The number of hydrogen-bond donors (Lipinski definition) is 6. The quantitative estimate of drug-likeness (QED) is 0.0991. The molecule has 396 valence electrons. The smallest absolute Gasteiger partial charge is 0.416 e. The Labute approximate surface area is 446 Å². The standard InChI is InChI=1S/C60H51F3N6O9/c1-58(2,3)77-56(74)68-47-28-37-22-42(31-47)55(73)66-45-15-9-12-35(27-45)38-23-41(30-48(29-38)69-57(75)78-59(4,5)6)54(72)65-43-13-7-10-33(25-43)36-20-39(52(70)64-44-14-8-11-34(37)26-44)24-40(21-36)53(71)67-46-16-17-49-50(60(61,62)63)18-19-76-51(49)32-46/h7-18,20-32H,19H2,1-6H3,(H,64,70)(H,65,72)(H,66,73)(H,67,71)(H,68,74)(H,69,75). The van der Waals surface area contributed by atoms with Gasteiger partial charge in [-0.2, -0.15) is 13.2 Å². The van der Waals surface area contributed by atoms with Crippen molar-refractivity contribution in [2.45, 2.75) is 58.9 Å². The Bertz CT molecular complexity index is 3610. The number of hydrogen-bond acceptors (Lipinski definition) is 9. The third-order valence-electron chi connectivity index (χ3n) is 11.9. The molecule has 6 N–H and O–H groups in total. The monoisotopic (exact) mass is 1060 g/mol. The number of nitrogens with one attached hydrogen (secondary N) is 6. The maximum atomic E-state index is 14.4. The molecule has 2 aliphatic heterocycles. The molecular weight excluding hydrogens is 1010 g/mol. The number of fused-ring (bicyclic) bond motifs is 16. The number of benzene rings is 7. The summed E-state index contributed by atoms with van der Waals surface area (Å²) in [6.07, 6.45) is -5.24. The van der Waals surface area contributed by atoms with Crippen LogP contribution in [-0.2, 0) is 9.47 Å². The number of allylic oxidation sites excluding steroid dienone is 1. The molecule has 6 amide bonds. The van der Waals surface area contributed by atoms with E-state index in [-0.39, 0.29) is 57.2 Å². The second-order valence-electron chi connectivity index (χ2n) is 20.3. The molecule has 0 atom stereocenters. The molecule has 15 nitrogen and oxygen atoms in total. The van der Waals surface area contributed by atoms with E-state index in [1.807, 2.05) is 0 Å². The van der Waals surface area contributed by atoms with E-state index in [1.54, 1.807) is 145 Å². The van der Waals surface area contributed by atoms with Crippen LogP contribution < -0.4 is 36.6 Å². The number of anilines is 6. The van der Waals surface area contributed by atoms with Crippen molar-refractivity contribution in [3.63, 3.8) is 0 Å². The highest BCUT2D eigenvalue weighted by Gasteiger charge is 2.37. The Kier molecular flexibility index (Phi) is 14.4. The van der Waals surface area contributed by atoms with Crippen LogP contribution in [0.3, 0.4) is 0 Å². The zero-order chi connectivity index (χ0) is 55.7. The van der Waals surface area contributed by atoms with Gasteiger partial charge in [-0.15, -0.1) is 0 Å². The molecule has 0 spiro atoms. The van der Waals surface area contributed by atoms with E-state index in [2.05, 4.69) is 31.9 Å². The topological polar surface area (TPSA) is 202 Å². The summed E-state index contributed by atoms with van der Waals surface area (Å²) in [6, 6.07) is 37.9. The lowest BCUT2D eigenvalue weighted by molar-refractivity contribution is -0.0697. The summed E-state index contributed by atoms with van der Waals surface area (Å²) in [5.41, 5.74) is 1.94. The Hall–Kier alpha value is -9.71. The fourth-order valence-corrected chi connectivity index (χ4v) is 8.57. The molecule has 0 saturated heterocycles. The minimum Gasteiger partial charge on any atom is -0.489 e. The van der Waals surface area contributed by atoms with Crippen molar-refractivity contribution in [1.82, 2.24) is 0 Å². The first-order chi connectivity index (χ1) is 36.9. The molecule has 18 heteroatoms. The lowest BCUT2D eigenvalue weighted by Gasteiger charge is -2.21. The van der Waals surface area contributed by atoms with E-state index < -0.39 is 58.8 Å². The first-order valence-corrected chi connectivity index (χ1v) is 24.4. The third-order valence-corrected chi connectivity index (χ3v) is 11.9. The highest BCUT2D eigenvalue weighted by atomic mass is 19.4. The van der Waals surface area contributed by atoms with Crippen LogP contribution in [0.25, 0.3) is 39.0 Å². The Morgan fingerprint density at radius 2 is 0.885 bits per heavy atom. The summed E-state index contributed by atoms with van der Waals surface area (Å²) in [4.78, 5) is 83.4. The molecule has 9 rings (SSSR count). The van der Waals surface area contributed by atoms with Crippen LogP contribution in [0.2, 0.25) is 0 Å². The molecule has 78 heavy (non-hydrogen) atoms. The largest absolute Gasteiger partial charge is 0.489 e. The van der Waals surface area contributed by atoms with Crippen LogP contribution in [0.5, 0.6) is 5.75 Å². The molecule has 0 saturated carbocycles. The summed E-state index contributed by atoms with van der Waals surface area (Å²) < 4.78 is 58.1. The number of alkyl halides is 3. The van der Waals surface area contributed by atoms with Crippen molar-refractivity contribution in [2.75, 3.05) is 38.5 Å². The van der Waals surface area contributed by atoms with Crippen LogP contribution in [0.15, 0.2) is 152 Å². The summed E-state index contributed by atoms with van der Waals surface area (Å²) in [5, 5.41) is 16.9. The second kappa shape index (κ2) is 21.1. The van der Waals surface area contributed by atoms with Gasteiger partial charge in [0.1, 0.15) is 23.6 Å². The van der Waals surface area contributed by atoms with Crippen LogP contribution >= 0.6 is 0 Å². The number of carbonyl (C=O) groups is 6.